The van der Waals surface area contributed by atoms with Crippen molar-refractivity contribution in [3.8, 4) is 11.3 Å². The number of fused-ring (bicyclic) bond motifs is 1. The van der Waals surface area contributed by atoms with Crippen LogP contribution in [0.3, 0.4) is 0 Å². The van der Waals surface area contributed by atoms with Gasteiger partial charge in [0.1, 0.15) is 5.65 Å². The average Bonchev–Trinajstić information content (AvgIpc) is 2.99. The molecule has 0 saturated heterocycles. The molecule has 112 valence electrons. The molecule has 5 heteroatoms. The van der Waals surface area contributed by atoms with Gasteiger partial charge in [0.25, 0.3) is 0 Å². The fourth-order valence-electron chi connectivity index (χ4n) is 2.36. The van der Waals surface area contributed by atoms with Crippen LogP contribution in [-0.2, 0) is 11.3 Å². The second-order valence-electron chi connectivity index (χ2n) is 4.89. The highest BCUT2D eigenvalue weighted by atomic mass is 16.5. The van der Waals surface area contributed by atoms with Crippen molar-refractivity contribution < 1.29 is 9.53 Å². The Morgan fingerprint density at radius 2 is 2.05 bits per heavy atom. The van der Waals surface area contributed by atoms with E-state index in [1.165, 1.54) is 0 Å². The predicted octanol–water partition coefficient (Wildman–Crippen LogP) is 2.64. The topological polar surface area (TPSA) is 69.6 Å². The second kappa shape index (κ2) is 5.99. The van der Waals surface area contributed by atoms with Gasteiger partial charge in [-0.1, -0.05) is 18.2 Å². The molecule has 2 aromatic heterocycles. The number of rotatable bonds is 4. The fraction of sp³-hybridized carbons (Fsp3) is 0.176. The zero-order valence-corrected chi connectivity index (χ0v) is 12.3. The Labute approximate surface area is 128 Å². The van der Waals surface area contributed by atoms with Gasteiger partial charge in [-0.3, -0.25) is 0 Å². The predicted molar refractivity (Wildman–Crippen MR) is 84.5 cm³/mol. The molecule has 22 heavy (non-hydrogen) atoms. The molecule has 0 fully saturated rings. The lowest BCUT2D eigenvalue weighted by atomic mass is 10.1. The maximum Gasteiger partial charge on any atom is 0.338 e. The highest BCUT2D eigenvalue weighted by molar-refractivity contribution is 5.90. The Balaban J connectivity index is 1.96. The van der Waals surface area contributed by atoms with E-state index in [-0.39, 0.29) is 5.97 Å². The maximum absolute atomic E-state index is 11.7. The van der Waals surface area contributed by atoms with Crippen molar-refractivity contribution in [3.63, 3.8) is 0 Å². The molecule has 0 unspecified atom stereocenters. The van der Waals surface area contributed by atoms with Gasteiger partial charge in [0.2, 0.25) is 0 Å². The third-order valence-electron chi connectivity index (χ3n) is 3.48. The van der Waals surface area contributed by atoms with Gasteiger partial charge in [-0.25, -0.2) is 9.78 Å². The Morgan fingerprint density at radius 3 is 2.73 bits per heavy atom. The number of carbonyl (C=O) groups excluding carboxylic acids is 1. The van der Waals surface area contributed by atoms with Crippen molar-refractivity contribution >= 4 is 11.6 Å². The number of hydrogen-bond donors (Lipinski definition) is 1. The lowest BCUT2D eigenvalue weighted by molar-refractivity contribution is 0.0526. The summed E-state index contributed by atoms with van der Waals surface area (Å²) in [5.74, 6) is -0.311. The first-order valence-electron chi connectivity index (χ1n) is 7.17. The van der Waals surface area contributed by atoms with Crippen molar-refractivity contribution in [3.05, 3.63) is 59.9 Å². The Kier molecular flexibility index (Phi) is 3.89. The quantitative estimate of drug-likeness (QED) is 0.751. The van der Waals surface area contributed by atoms with Crippen LogP contribution in [0.25, 0.3) is 16.9 Å². The van der Waals surface area contributed by atoms with Crippen LogP contribution in [0, 0.1) is 0 Å². The van der Waals surface area contributed by atoms with Gasteiger partial charge in [-0.2, -0.15) is 0 Å². The van der Waals surface area contributed by atoms with E-state index in [2.05, 4.69) is 4.98 Å². The number of aromatic nitrogens is 2. The molecule has 2 heterocycles. The lowest BCUT2D eigenvalue weighted by Gasteiger charge is -2.02. The van der Waals surface area contributed by atoms with Crippen LogP contribution in [0.4, 0.5) is 0 Å². The van der Waals surface area contributed by atoms with Crippen molar-refractivity contribution in [1.82, 2.24) is 9.38 Å². The second-order valence-corrected chi connectivity index (χ2v) is 4.89. The summed E-state index contributed by atoms with van der Waals surface area (Å²) in [5, 5.41) is 0. The molecular formula is C17H17N3O2. The van der Waals surface area contributed by atoms with Gasteiger partial charge < -0.3 is 14.9 Å². The third-order valence-corrected chi connectivity index (χ3v) is 3.48. The zero-order chi connectivity index (χ0) is 15.5. The van der Waals surface area contributed by atoms with Gasteiger partial charge in [0.05, 0.1) is 17.9 Å². The Hall–Kier alpha value is -2.66. The maximum atomic E-state index is 11.7. The molecule has 0 spiro atoms. The Bertz CT molecular complexity index is 806. The van der Waals surface area contributed by atoms with Crippen molar-refractivity contribution in [2.24, 2.45) is 5.73 Å². The number of esters is 1. The van der Waals surface area contributed by atoms with Crippen LogP contribution in [0.5, 0.6) is 0 Å². The SMILES string of the molecule is CCOC(=O)c1ccc(-c2cn3cccc(CN)c3n2)cc1. The van der Waals surface area contributed by atoms with E-state index < -0.39 is 0 Å². The minimum Gasteiger partial charge on any atom is -0.462 e. The molecule has 1 aromatic carbocycles. The van der Waals surface area contributed by atoms with Crippen LogP contribution in [0.2, 0.25) is 0 Å². The summed E-state index contributed by atoms with van der Waals surface area (Å²) in [6, 6.07) is 11.2. The fourth-order valence-corrected chi connectivity index (χ4v) is 2.36. The molecule has 3 aromatic rings. The van der Waals surface area contributed by atoms with E-state index in [0.717, 1.165) is 22.5 Å². The molecule has 3 rings (SSSR count). The number of hydrogen-bond acceptors (Lipinski definition) is 4. The summed E-state index contributed by atoms with van der Waals surface area (Å²) in [4.78, 5) is 16.3. The van der Waals surface area contributed by atoms with Crippen LogP contribution >= 0.6 is 0 Å². The summed E-state index contributed by atoms with van der Waals surface area (Å²) in [6.07, 6.45) is 3.89. The van der Waals surface area contributed by atoms with Gasteiger partial charge in [0.15, 0.2) is 0 Å². The van der Waals surface area contributed by atoms with Gasteiger partial charge >= 0.3 is 5.97 Å². The minimum absolute atomic E-state index is 0.311. The largest absolute Gasteiger partial charge is 0.462 e. The van der Waals surface area contributed by atoms with Crippen molar-refractivity contribution in [2.45, 2.75) is 13.5 Å². The molecule has 0 saturated carbocycles. The lowest BCUT2D eigenvalue weighted by Crippen LogP contribution is -2.03. The molecule has 0 radical (unpaired) electrons. The zero-order valence-electron chi connectivity index (χ0n) is 12.3. The van der Waals surface area contributed by atoms with E-state index in [1.807, 2.05) is 41.1 Å². The summed E-state index contributed by atoms with van der Waals surface area (Å²) in [6.45, 7) is 2.61. The van der Waals surface area contributed by atoms with Gasteiger partial charge in [-0.15, -0.1) is 0 Å². The standard InChI is InChI=1S/C17H17N3O2/c1-2-22-17(21)13-7-5-12(6-8-13)15-11-20-9-3-4-14(10-18)16(20)19-15/h3-9,11H,2,10,18H2,1H3. The van der Waals surface area contributed by atoms with E-state index in [0.29, 0.717) is 18.7 Å². The van der Waals surface area contributed by atoms with Crippen LogP contribution in [-0.4, -0.2) is 22.0 Å². The highest BCUT2D eigenvalue weighted by Crippen LogP contribution is 2.21. The van der Waals surface area contributed by atoms with E-state index in [1.54, 1.807) is 19.1 Å². The number of ether oxygens (including phenoxy) is 1. The van der Waals surface area contributed by atoms with E-state index in [4.69, 9.17) is 10.5 Å². The smallest absolute Gasteiger partial charge is 0.338 e. The number of nitrogens with zero attached hydrogens (tertiary/aromatic N) is 2. The van der Waals surface area contributed by atoms with E-state index in [9.17, 15) is 4.79 Å². The van der Waals surface area contributed by atoms with E-state index >= 15 is 0 Å². The first kappa shape index (κ1) is 14.3. The number of imidazole rings is 1. The monoisotopic (exact) mass is 295 g/mol. The number of pyridine rings is 1. The summed E-state index contributed by atoms with van der Waals surface area (Å²) >= 11 is 0. The summed E-state index contributed by atoms with van der Waals surface area (Å²) in [5.41, 5.74) is 9.92. The van der Waals surface area contributed by atoms with Crippen molar-refractivity contribution in [1.29, 1.82) is 0 Å². The van der Waals surface area contributed by atoms with Crippen LogP contribution in [0.15, 0.2) is 48.8 Å². The molecule has 5 nitrogen and oxygen atoms in total. The molecule has 0 atom stereocenters. The number of nitrogens with two attached hydrogens (primary N) is 1. The first-order valence-corrected chi connectivity index (χ1v) is 7.17. The highest BCUT2D eigenvalue weighted by Gasteiger charge is 2.09. The molecular weight excluding hydrogens is 278 g/mol. The van der Waals surface area contributed by atoms with Crippen LogP contribution < -0.4 is 5.73 Å². The summed E-state index contributed by atoms with van der Waals surface area (Å²) in [7, 11) is 0. The molecule has 0 bridgehead atoms. The van der Waals surface area contributed by atoms with Crippen LogP contribution in [0.1, 0.15) is 22.8 Å². The number of benzene rings is 1. The van der Waals surface area contributed by atoms with Gasteiger partial charge in [0, 0.05) is 30.1 Å². The normalized spacial score (nSPS) is 10.8. The molecule has 0 aliphatic rings. The summed E-state index contributed by atoms with van der Waals surface area (Å²) < 4.78 is 6.93. The Morgan fingerprint density at radius 1 is 1.27 bits per heavy atom. The molecule has 2 N–H and O–H groups in total. The molecule has 0 amide bonds. The first-order chi connectivity index (χ1) is 10.7. The van der Waals surface area contributed by atoms with Crippen molar-refractivity contribution in [2.75, 3.05) is 6.61 Å². The molecule has 0 aliphatic carbocycles. The third kappa shape index (κ3) is 2.58. The molecule has 0 aliphatic heterocycles. The minimum atomic E-state index is -0.311. The number of carbonyl (C=O) groups is 1. The van der Waals surface area contributed by atoms with Gasteiger partial charge in [-0.05, 0) is 25.1 Å². The average molecular weight is 295 g/mol.